The Labute approximate surface area is 116 Å². The summed E-state index contributed by atoms with van der Waals surface area (Å²) in [4.78, 5) is 0. The summed E-state index contributed by atoms with van der Waals surface area (Å²) in [6, 6.07) is 12.7. The molecule has 0 aliphatic rings. The molecule has 0 radical (unpaired) electrons. The van der Waals surface area contributed by atoms with Crippen molar-refractivity contribution in [3.63, 3.8) is 0 Å². The third-order valence-corrected chi connectivity index (χ3v) is 3.17. The summed E-state index contributed by atoms with van der Waals surface area (Å²) < 4.78 is 21.9. The van der Waals surface area contributed by atoms with Gasteiger partial charge < -0.3 is 14.2 Å². The van der Waals surface area contributed by atoms with E-state index in [4.69, 9.17) is 4.18 Å². The second-order valence-electron chi connectivity index (χ2n) is 3.85. The highest BCUT2D eigenvalue weighted by molar-refractivity contribution is 7.96. The number of anilines is 2. The van der Waals surface area contributed by atoms with Crippen LogP contribution in [0.5, 0.6) is 0 Å². The van der Waals surface area contributed by atoms with E-state index in [1.54, 1.807) is 20.2 Å². The van der Waals surface area contributed by atoms with Gasteiger partial charge in [0.15, 0.2) is 0 Å². The minimum atomic E-state index is -0.274. The van der Waals surface area contributed by atoms with Crippen molar-refractivity contribution in [2.75, 3.05) is 24.2 Å². The Morgan fingerprint density at radius 2 is 1.84 bits per heavy atom. The topological polar surface area (TPSA) is 33.3 Å². The third kappa shape index (κ3) is 3.19. The van der Waals surface area contributed by atoms with Crippen molar-refractivity contribution in [3.05, 3.63) is 48.3 Å². The first-order chi connectivity index (χ1) is 9.26. The Morgan fingerprint density at radius 3 is 2.47 bits per heavy atom. The SMILES string of the molecule is CNc1cc(-c2ccccc2)c(F)cc1NSOC. The van der Waals surface area contributed by atoms with Crippen molar-refractivity contribution in [2.24, 2.45) is 0 Å². The minimum Gasteiger partial charge on any atom is -0.386 e. The lowest BCUT2D eigenvalue weighted by Gasteiger charge is -2.13. The molecule has 0 fully saturated rings. The first-order valence-corrected chi connectivity index (χ1v) is 6.52. The van der Waals surface area contributed by atoms with Crippen LogP contribution in [0.2, 0.25) is 0 Å². The van der Waals surface area contributed by atoms with E-state index in [-0.39, 0.29) is 5.82 Å². The predicted octanol–water partition coefficient (Wildman–Crippen LogP) is 4.16. The van der Waals surface area contributed by atoms with Crippen LogP contribution >= 0.6 is 12.2 Å². The van der Waals surface area contributed by atoms with Gasteiger partial charge in [0.1, 0.15) is 18.0 Å². The molecule has 2 N–H and O–H groups in total. The molecule has 0 spiro atoms. The number of nitrogens with one attached hydrogen (secondary N) is 2. The molecule has 0 unspecified atom stereocenters. The summed E-state index contributed by atoms with van der Waals surface area (Å²) in [7, 11) is 3.34. The molecular formula is C14H15FN2OS. The number of benzene rings is 2. The van der Waals surface area contributed by atoms with Gasteiger partial charge in [-0.15, -0.1) is 0 Å². The average Bonchev–Trinajstić information content (AvgIpc) is 2.46. The van der Waals surface area contributed by atoms with E-state index in [0.29, 0.717) is 11.3 Å². The van der Waals surface area contributed by atoms with Gasteiger partial charge >= 0.3 is 0 Å². The van der Waals surface area contributed by atoms with Crippen molar-refractivity contribution in [1.82, 2.24) is 0 Å². The van der Waals surface area contributed by atoms with Crippen molar-refractivity contribution in [3.8, 4) is 11.1 Å². The molecular weight excluding hydrogens is 263 g/mol. The lowest BCUT2D eigenvalue weighted by molar-refractivity contribution is 0.492. The van der Waals surface area contributed by atoms with Gasteiger partial charge in [-0.05, 0) is 11.6 Å². The molecule has 2 aromatic carbocycles. The van der Waals surface area contributed by atoms with E-state index in [9.17, 15) is 4.39 Å². The smallest absolute Gasteiger partial charge is 0.133 e. The van der Waals surface area contributed by atoms with Crippen LogP contribution in [-0.4, -0.2) is 14.2 Å². The highest BCUT2D eigenvalue weighted by Crippen LogP contribution is 2.32. The number of rotatable bonds is 5. The van der Waals surface area contributed by atoms with Crippen LogP contribution in [0.4, 0.5) is 15.8 Å². The lowest BCUT2D eigenvalue weighted by atomic mass is 10.0. The number of hydrogen-bond donors (Lipinski definition) is 2. The normalized spacial score (nSPS) is 10.3. The van der Waals surface area contributed by atoms with E-state index in [2.05, 4.69) is 10.0 Å². The van der Waals surface area contributed by atoms with Crippen LogP contribution in [0.25, 0.3) is 11.1 Å². The zero-order chi connectivity index (χ0) is 13.7. The monoisotopic (exact) mass is 278 g/mol. The molecule has 0 saturated carbocycles. The summed E-state index contributed by atoms with van der Waals surface area (Å²) in [6.45, 7) is 0. The molecule has 2 aromatic rings. The predicted molar refractivity (Wildman–Crippen MR) is 79.6 cm³/mol. The molecule has 19 heavy (non-hydrogen) atoms. The van der Waals surface area contributed by atoms with Crippen LogP contribution in [0, 0.1) is 5.82 Å². The molecule has 0 saturated heterocycles. The van der Waals surface area contributed by atoms with Gasteiger partial charge in [-0.25, -0.2) is 4.39 Å². The summed E-state index contributed by atoms with van der Waals surface area (Å²) in [5.74, 6) is -0.274. The van der Waals surface area contributed by atoms with Gasteiger partial charge in [0.05, 0.1) is 18.5 Å². The van der Waals surface area contributed by atoms with Crippen molar-refractivity contribution < 1.29 is 8.57 Å². The Bertz CT molecular complexity index is 549. The molecule has 2 rings (SSSR count). The Morgan fingerprint density at radius 1 is 1.11 bits per heavy atom. The van der Waals surface area contributed by atoms with E-state index in [1.807, 2.05) is 30.3 Å². The van der Waals surface area contributed by atoms with Crippen molar-refractivity contribution in [2.45, 2.75) is 0 Å². The summed E-state index contributed by atoms with van der Waals surface area (Å²) in [5.41, 5.74) is 2.87. The van der Waals surface area contributed by atoms with Crippen LogP contribution < -0.4 is 10.0 Å². The first kappa shape index (κ1) is 13.7. The van der Waals surface area contributed by atoms with Crippen molar-refractivity contribution >= 4 is 23.6 Å². The largest absolute Gasteiger partial charge is 0.386 e. The zero-order valence-corrected chi connectivity index (χ0v) is 11.6. The lowest BCUT2D eigenvalue weighted by Crippen LogP contribution is -1.98. The molecule has 0 atom stereocenters. The van der Waals surface area contributed by atoms with E-state index in [0.717, 1.165) is 23.5 Å². The summed E-state index contributed by atoms with van der Waals surface area (Å²) >= 11 is 1.04. The quantitative estimate of drug-likeness (QED) is 0.635. The van der Waals surface area contributed by atoms with Gasteiger partial charge in [0.25, 0.3) is 0 Å². The molecule has 0 aliphatic heterocycles. The van der Waals surface area contributed by atoms with Crippen LogP contribution in [0.1, 0.15) is 0 Å². The summed E-state index contributed by atoms with van der Waals surface area (Å²) in [6.07, 6.45) is 0. The minimum absolute atomic E-state index is 0.274. The van der Waals surface area contributed by atoms with Crippen LogP contribution in [-0.2, 0) is 4.18 Å². The Balaban J connectivity index is 2.42. The van der Waals surface area contributed by atoms with E-state index < -0.39 is 0 Å². The Kier molecular flexibility index (Phi) is 4.65. The third-order valence-electron chi connectivity index (χ3n) is 2.70. The van der Waals surface area contributed by atoms with Gasteiger partial charge in [0.2, 0.25) is 0 Å². The van der Waals surface area contributed by atoms with Crippen LogP contribution in [0.15, 0.2) is 42.5 Å². The highest BCUT2D eigenvalue weighted by Gasteiger charge is 2.10. The first-order valence-electron chi connectivity index (χ1n) is 5.78. The Hall–Kier alpha value is -1.72. The standard InChI is InChI=1S/C14H15FN2OS/c1-16-13-8-11(10-6-4-3-5-7-10)12(15)9-14(13)17-19-18-2/h3-9,16-17H,1-2H3. The maximum Gasteiger partial charge on any atom is 0.133 e. The van der Waals surface area contributed by atoms with Crippen LogP contribution in [0.3, 0.4) is 0 Å². The number of hydrogen-bond acceptors (Lipinski definition) is 4. The zero-order valence-electron chi connectivity index (χ0n) is 10.7. The van der Waals surface area contributed by atoms with Crippen molar-refractivity contribution in [1.29, 1.82) is 0 Å². The number of halogens is 1. The fourth-order valence-electron chi connectivity index (χ4n) is 1.79. The van der Waals surface area contributed by atoms with E-state index in [1.165, 1.54) is 6.07 Å². The molecule has 0 aliphatic carbocycles. The molecule has 100 valence electrons. The molecule has 0 heterocycles. The van der Waals surface area contributed by atoms with Gasteiger partial charge in [-0.2, -0.15) is 0 Å². The molecule has 3 nitrogen and oxygen atoms in total. The molecule has 0 bridgehead atoms. The van der Waals surface area contributed by atoms with Gasteiger partial charge in [-0.3, -0.25) is 0 Å². The fraction of sp³-hybridized carbons (Fsp3) is 0.143. The second-order valence-corrected chi connectivity index (χ2v) is 4.55. The van der Waals surface area contributed by atoms with Gasteiger partial charge in [0, 0.05) is 18.7 Å². The second kappa shape index (κ2) is 6.45. The molecule has 0 aromatic heterocycles. The maximum atomic E-state index is 14.2. The maximum absolute atomic E-state index is 14.2. The fourth-order valence-corrected chi connectivity index (χ4v) is 2.13. The average molecular weight is 278 g/mol. The van der Waals surface area contributed by atoms with E-state index >= 15 is 0 Å². The highest BCUT2D eigenvalue weighted by atomic mass is 32.2. The molecule has 0 amide bonds. The molecule has 5 heteroatoms. The summed E-state index contributed by atoms with van der Waals surface area (Å²) in [5, 5.41) is 3.04. The van der Waals surface area contributed by atoms with Gasteiger partial charge in [-0.1, -0.05) is 30.3 Å².